The minimum absolute atomic E-state index is 0.0769. The average molecular weight is 337 g/mol. The number of amides is 1. The van der Waals surface area contributed by atoms with Crippen LogP contribution in [0, 0.1) is 0 Å². The van der Waals surface area contributed by atoms with Crippen molar-refractivity contribution in [2.75, 3.05) is 11.9 Å². The van der Waals surface area contributed by atoms with Gasteiger partial charge in [0.25, 0.3) is 5.91 Å². The molecule has 0 radical (unpaired) electrons. The Kier molecular flexibility index (Phi) is 4.56. The molecule has 2 aromatic heterocycles. The largest absolute Gasteiger partial charge is 0.462 e. The first-order chi connectivity index (χ1) is 12.1. The number of H-pyrrole nitrogens is 1. The Morgan fingerprint density at radius 1 is 1.20 bits per heavy atom. The molecule has 7 nitrogen and oxygen atoms in total. The lowest BCUT2D eigenvalue weighted by molar-refractivity contribution is 0.0524. The number of benzene rings is 1. The zero-order valence-electron chi connectivity index (χ0n) is 13.4. The monoisotopic (exact) mass is 337 g/mol. The molecule has 0 aliphatic heterocycles. The topological polar surface area (TPSA) is 101 Å². The van der Waals surface area contributed by atoms with Gasteiger partial charge >= 0.3 is 5.97 Å². The first-order valence-corrected chi connectivity index (χ1v) is 7.64. The zero-order chi connectivity index (χ0) is 17.8. The van der Waals surface area contributed by atoms with Gasteiger partial charge in [-0.25, -0.2) is 4.79 Å². The molecule has 0 atom stereocenters. The van der Waals surface area contributed by atoms with Crippen molar-refractivity contribution in [2.45, 2.75) is 6.92 Å². The maximum atomic E-state index is 12.5. The fourth-order valence-electron chi connectivity index (χ4n) is 2.36. The molecule has 3 rings (SSSR count). The molecule has 25 heavy (non-hydrogen) atoms. The van der Waals surface area contributed by atoms with E-state index in [9.17, 15) is 14.4 Å². The number of ether oxygens (including phenoxy) is 1. The number of hydrogen-bond donors (Lipinski definition) is 2. The SMILES string of the molecule is CCOC(=O)c1c[nH]c2ccc(NC(=O)c3ccncc3)cc2c1=O. The predicted octanol–water partition coefficient (Wildman–Crippen LogP) is 2.35. The van der Waals surface area contributed by atoms with E-state index in [4.69, 9.17) is 4.74 Å². The van der Waals surface area contributed by atoms with Gasteiger partial charge in [0.15, 0.2) is 0 Å². The number of carbonyl (C=O) groups excluding carboxylic acids is 2. The van der Waals surface area contributed by atoms with E-state index in [1.54, 1.807) is 31.2 Å². The summed E-state index contributed by atoms with van der Waals surface area (Å²) in [5, 5.41) is 3.01. The number of anilines is 1. The highest BCUT2D eigenvalue weighted by Gasteiger charge is 2.14. The number of rotatable bonds is 4. The summed E-state index contributed by atoms with van der Waals surface area (Å²) in [6.45, 7) is 1.85. The van der Waals surface area contributed by atoms with Crippen molar-refractivity contribution in [1.82, 2.24) is 9.97 Å². The fourth-order valence-corrected chi connectivity index (χ4v) is 2.36. The van der Waals surface area contributed by atoms with Crippen LogP contribution in [0.25, 0.3) is 10.9 Å². The number of aromatic amines is 1. The van der Waals surface area contributed by atoms with Gasteiger partial charge in [0.2, 0.25) is 5.43 Å². The lowest BCUT2D eigenvalue weighted by Gasteiger charge is -2.07. The molecule has 0 bridgehead atoms. The number of fused-ring (bicyclic) bond motifs is 1. The zero-order valence-corrected chi connectivity index (χ0v) is 13.4. The summed E-state index contributed by atoms with van der Waals surface area (Å²) >= 11 is 0. The second-order valence-electron chi connectivity index (χ2n) is 5.20. The van der Waals surface area contributed by atoms with Crippen LogP contribution in [0.2, 0.25) is 0 Å². The smallest absolute Gasteiger partial charge is 0.343 e. The minimum Gasteiger partial charge on any atom is -0.462 e. The molecular formula is C18H15N3O4. The summed E-state index contributed by atoms with van der Waals surface area (Å²) in [5.74, 6) is -1.00. The van der Waals surface area contributed by atoms with Crippen LogP contribution in [-0.4, -0.2) is 28.5 Å². The standard InChI is InChI=1S/C18H15N3O4/c1-2-25-18(24)14-10-20-15-4-3-12(9-13(15)16(14)22)21-17(23)11-5-7-19-8-6-11/h3-10H,2H2,1H3,(H,20,22)(H,21,23). The molecule has 2 N–H and O–H groups in total. The van der Waals surface area contributed by atoms with E-state index in [1.165, 1.54) is 24.7 Å². The Labute approximate surface area is 142 Å². The van der Waals surface area contributed by atoms with Gasteiger partial charge in [0.1, 0.15) is 5.56 Å². The summed E-state index contributed by atoms with van der Waals surface area (Å²) < 4.78 is 4.88. The van der Waals surface area contributed by atoms with Crippen LogP contribution in [0.15, 0.2) is 53.7 Å². The highest BCUT2D eigenvalue weighted by molar-refractivity contribution is 6.05. The Balaban J connectivity index is 1.96. The number of aromatic nitrogens is 2. The van der Waals surface area contributed by atoms with Crippen molar-refractivity contribution in [1.29, 1.82) is 0 Å². The van der Waals surface area contributed by atoms with Gasteiger partial charge < -0.3 is 15.0 Å². The van der Waals surface area contributed by atoms with Gasteiger partial charge in [-0.1, -0.05) is 0 Å². The maximum absolute atomic E-state index is 12.5. The third-order valence-electron chi connectivity index (χ3n) is 3.58. The summed E-state index contributed by atoms with van der Waals surface area (Å²) in [4.78, 5) is 43.3. The number of hydrogen-bond acceptors (Lipinski definition) is 5. The van der Waals surface area contributed by atoms with Crippen LogP contribution >= 0.6 is 0 Å². The highest BCUT2D eigenvalue weighted by atomic mass is 16.5. The molecule has 0 aliphatic rings. The lowest BCUT2D eigenvalue weighted by Crippen LogP contribution is -2.18. The van der Waals surface area contributed by atoms with Crippen LogP contribution in [0.4, 0.5) is 5.69 Å². The van der Waals surface area contributed by atoms with Crippen LogP contribution in [0.1, 0.15) is 27.6 Å². The Hall–Kier alpha value is -3.48. The van der Waals surface area contributed by atoms with Crippen LogP contribution in [-0.2, 0) is 4.74 Å². The minimum atomic E-state index is -0.683. The molecule has 126 valence electrons. The van der Waals surface area contributed by atoms with Gasteiger partial charge in [-0.3, -0.25) is 14.6 Å². The number of nitrogens with one attached hydrogen (secondary N) is 2. The van der Waals surface area contributed by atoms with Crippen LogP contribution in [0.5, 0.6) is 0 Å². The van der Waals surface area contributed by atoms with Gasteiger partial charge in [-0.2, -0.15) is 0 Å². The molecule has 1 amide bonds. The lowest BCUT2D eigenvalue weighted by atomic mass is 10.1. The molecule has 0 saturated carbocycles. The van der Waals surface area contributed by atoms with E-state index in [1.807, 2.05) is 0 Å². The van der Waals surface area contributed by atoms with Crippen molar-refractivity contribution in [2.24, 2.45) is 0 Å². The number of carbonyl (C=O) groups is 2. The Bertz CT molecular complexity index is 996. The summed E-state index contributed by atoms with van der Waals surface area (Å²) in [7, 11) is 0. The Morgan fingerprint density at radius 2 is 1.96 bits per heavy atom. The number of nitrogens with zero attached hydrogens (tertiary/aromatic N) is 1. The molecular weight excluding hydrogens is 322 g/mol. The van der Waals surface area contributed by atoms with E-state index in [-0.39, 0.29) is 23.5 Å². The number of pyridine rings is 2. The van der Waals surface area contributed by atoms with E-state index >= 15 is 0 Å². The van der Waals surface area contributed by atoms with E-state index in [0.717, 1.165) is 0 Å². The van der Waals surface area contributed by atoms with Crippen molar-refractivity contribution in [3.8, 4) is 0 Å². The van der Waals surface area contributed by atoms with Gasteiger partial charge in [-0.05, 0) is 37.3 Å². The normalized spacial score (nSPS) is 10.4. The molecule has 3 aromatic rings. The molecule has 0 saturated heterocycles. The summed E-state index contributed by atoms with van der Waals surface area (Å²) in [6.07, 6.45) is 4.37. The first kappa shape index (κ1) is 16.4. The second kappa shape index (κ2) is 6.96. The molecule has 1 aromatic carbocycles. The van der Waals surface area contributed by atoms with Gasteiger partial charge in [0.05, 0.1) is 6.61 Å². The van der Waals surface area contributed by atoms with Gasteiger partial charge in [0, 0.05) is 40.7 Å². The first-order valence-electron chi connectivity index (χ1n) is 7.64. The molecule has 0 aliphatic carbocycles. The summed E-state index contributed by atoms with van der Waals surface area (Å²) in [6, 6.07) is 8.02. The second-order valence-corrected chi connectivity index (χ2v) is 5.20. The quantitative estimate of drug-likeness (QED) is 0.712. The Morgan fingerprint density at radius 3 is 2.68 bits per heavy atom. The van der Waals surface area contributed by atoms with E-state index in [2.05, 4.69) is 15.3 Å². The van der Waals surface area contributed by atoms with Crippen LogP contribution in [0.3, 0.4) is 0 Å². The molecule has 0 fully saturated rings. The molecule has 7 heteroatoms. The van der Waals surface area contributed by atoms with E-state index < -0.39 is 11.4 Å². The van der Waals surface area contributed by atoms with Crippen molar-refractivity contribution >= 4 is 28.5 Å². The number of esters is 1. The third-order valence-corrected chi connectivity index (χ3v) is 3.58. The molecule has 0 unspecified atom stereocenters. The van der Waals surface area contributed by atoms with Crippen molar-refractivity contribution < 1.29 is 14.3 Å². The molecule has 2 heterocycles. The van der Waals surface area contributed by atoms with Crippen LogP contribution < -0.4 is 10.7 Å². The fraction of sp³-hybridized carbons (Fsp3) is 0.111. The third kappa shape index (κ3) is 3.40. The highest BCUT2D eigenvalue weighted by Crippen LogP contribution is 2.16. The van der Waals surface area contributed by atoms with E-state index in [0.29, 0.717) is 16.8 Å². The van der Waals surface area contributed by atoms with Crippen molar-refractivity contribution in [3.05, 3.63) is 70.3 Å². The van der Waals surface area contributed by atoms with Gasteiger partial charge in [-0.15, -0.1) is 0 Å². The average Bonchev–Trinajstić information content (AvgIpc) is 2.63. The summed E-state index contributed by atoms with van der Waals surface area (Å²) in [5.41, 5.74) is 0.921. The van der Waals surface area contributed by atoms with Crippen molar-refractivity contribution in [3.63, 3.8) is 0 Å². The maximum Gasteiger partial charge on any atom is 0.343 e. The predicted molar refractivity (Wildman–Crippen MR) is 92.7 cm³/mol. The molecule has 0 spiro atoms.